The van der Waals surface area contributed by atoms with Crippen molar-refractivity contribution in [3.8, 4) is 11.5 Å². The highest BCUT2D eigenvalue weighted by atomic mass is 16.5. The number of hydrogen-bond donors (Lipinski definition) is 1. The summed E-state index contributed by atoms with van der Waals surface area (Å²) in [6, 6.07) is 14.7. The number of piperidine rings is 1. The molecule has 32 heavy (non-hydrogen) atoms. The molecule has 1 N–H and O–H groups in total. The lowest BCUT2D eigenvalue weighted by molar-refractivity contribution is -0.133. The van der Waals surface area contributed by atoms with Crippen LogP contribution >= 0.6 is 0 Å². The maximum atomic E-state index is 13.1. The van der Waals surface area contributed by atoms with Crippen molar-refractivity contribution in [1.29, 1.82) is 0 Å². The van der Waals surface area contributed by atoms with Gasteiger partial charge < -0.3 is 14.7 Å². The summed E-state index contributed by atoms with van der Waals surface area (Å²) in [4.78, 5) is 30.0. The van der Waals surface area contributed by atoms with Crippen LogP contribution in [0.4, 0.5) is 0 Å². The molecule has 0 spiro atoms. The van der Waals surface area contributed by atoms with Crippen LogP contribution in [-0.2, 0) is 4.79 Å². The SMILES string of the molecule is CCOc1ccc(C2CCCN2C(=O)CN2CCC(C(=O)c3ccc(O)cc3)CC2)cc1. The fourth-order valence-electron chi connectivity index (χ4n) is 4.86. The number of carbonyl (C=O) groups excluding carboxylic acids is 2. The third-order valence-electron chi connectivity index (χ3n) is 6.62. The predicted molar refractivity (Wildman–Crippen MR) is 123 cm³/mol. The molecular weight excluding hydrogens is 404 g/mol. The first kappa shape index (κ1) is 22.3. The van der Waals surface area contributed by atoms with Gasteiger partial charge >= 0.3 is 0 Å². The first-order valence-electron chi connectivity index (χ1n) is 11.6. The van der Waals surface area contributed by atoms with Crippen LogP contribution in [0.15, 0.2) is 48.5 Å². The normalized spacial score (nSPS) is 19.8. The number of benzene rings is 2. The molecule has 6 heteroatoms. The Morgan fingerprint density at radius 1 is 0.969 bits per heavy atom. The second kappa shape index (κ2) is 10.2. The number of ketones is 1. The number of Topliss-reactive ketones (excluding diaryl/α,β-unsaturated/α-hetero) is 1. The summed E-state index contributed by atoms with van der Waals surface area (Å²) >= 11 is 0. The van der Waals surface area contributed by atoms with Crippen molar-refractivity contribution in [3.05, 3.63) is 59.7 Å². The Hall–Kier alpha value is -2.86. The number of phenolic OH excluding ortho intramolecular Hbond substituents is 1. The van der Waals surface area contributed by atoms with Gasteiger partial charge in [-0.1, -0.05) is 12.1 Å². The van der Waals surface area contributed by atoms with Crippen LogP contribution in [0.25, 0.3) is 0 Å². The Balaban J connectivity index is 1.30. The smallest absolute Gasteiger partial charge is 0.237 e. The van der Waals surface area contributed by atoms with Gasteiger partial charge in [0.05, 0.1) is 19.2 Å². The lowest BCUT2D eigenvalue weighted by Gasteiger charge is -2.33. The van der Waals surface area contributed by atoms with Crippen molar-refractivity contribution in [1.82, 2.24) is 9.80 Å². The summed E-state index contributed by atoms with van der Waals surface area (Å²) in [7, 11) is 0. The van der Waals surface area contributed by atoms with Gasteiger partial charge in [-0.15, -0.1) is 0 Å². The molecule has 2 fully saturated rings. The highest BCUT2D eigenvalue weighted by Gasteiger charge is 2.32. The van der Waals surface area contributed by atoms with Crippen LogP contribution < -0.4 is 4.74 Å². The lowest BCUT2D eigenvalue weighted by Crippen LogP contribution is -2.44. The maximum absolute atomic E-state index is 13.1. The minimum Gasteiger partial charge on any atom is -0.508 e. The number of aromatic hydroxyl groups is 1. The summed E-state index contributed by atoms with van der Waals surface area (Å²) in [6.45, 7) is 5.33. The number of ether oxygens (including phenoxy) is 1. The van der Waals surface area contributed by atoms with E-state index in [9.17, 15) is 14.7 Å². The zero-order chi connectivity index (χ0) is 22.5. The van der Waals surface area contributed by atoms with Crippen molar-refractivity contribution in [2.24, 2.45) is 5.92 Å². The molecule has 0 radical (unpaired) electrons. The number of hydrogen-bond acceptors (Lipinski definition) is 5. The molecule has 1 unspecified atom stereocenters. The second-order valence-electron chi connectivity index (χ2n) is 8.71. The third-order valence-corrected chi connectivity index (χ3v) is 6.62. The molecule has 0 aromatic heterocycles. The van der Waals surface area contributed by atoms with Gasteiger partial charge in [0.2, 0.25) is 5.91 Å². The van der Waals surface area contributed by atoms with E-state index in [0.717, 1.165) is 56.6 Å². The average Bonchev–Trinajstić information content (AvgIpc) is 3.31. The minimum atomic E-state index is -0.0192. The molecule has 1 atom stereocenters. The summed E-state index contributed by atoms with van der Waals surface area (Å²) in [5, 5.41) is 9.42. The van der Waals surface area contributed by atoms with E-state index < -0.39 is 0 Å². The van der Waals surface area contributed by atoms with Crippen LogP contribution in [0.2, 0.25) is 0 Å². The zero-order valence-electron chi connectivity index (χ0n) is 18.7. The number of carbonyl (C=O) groups is 2. The van der Waals surface area contributed by atoms with E-state index in [2.05, 4.69) is 17.0 Å². The Bertz CT molecular complexity index is 918. The molecule has 0 aliphatic carbocycles. The molecule has 2 heterocycles. The number of likely N-dealkylation sites (tertiary alicyclic amines) is 2. The Morgan fingerprint density at radius 3 is 2.31 bits per heavy atom. The second-order valence-corrected chi connectivity index (χ2v) is 8.71. The molecule has 4 rings (SSSR count). The van der Waals surface area contributed by atoms with Gasteiger partial charge in [0.1, 0.15) is 11.5 Å². The molecule has 0 bridgehead atoms. The van der Waals surface area contributed by atoms with E-state index >= 15 is 0 Å². The van der Waals surface area contributed by atoms with Crippen molar-refractivity contribution in [2.75, 3.05) is 32.8 Å². The minimum absolute atomic E-state index is 0.0192. The van der Waals surface area contributed by atoms with Crippen molar-refractivity contribution in [2.45, 2.75) is 38.6 Å². The first-order chi connectivity index (χ1) is 15.5. The van der Waals surface area contributed by atoms with Crippen LogP contribution in [0.3, 0.4) is 0 Å². The largest absolute Gasteiger partial charge is 0.508 e. The molecule has 2 aromatic carbocycles. The van der Waals surface area contributed by atoms with E-state index in [0.29, 0.717) is 18.7 Å². The summed E-state index contributed by atoms with van der Waals surface area (Å²) in [6.07, 6.45) is 3.53. The molecule has 2 aliphatic rings. The van der Waals surface area contributed by atoms with Gasteiger partial charge in [0.25, 0.3) is 0 Å². The zero-order valence-corrected chi connectivity index (χ0v) is 18.7. The Kier molecular flexibility index (Phi) is 7.10. The summed E-state index contributed by atoms with van der Waals surface area (Å²) in [5.41, 5.74) is 1.81. The molecule has 0 saturated carbocycles. The van der Waals surface area contributed by atoms with Gasteiger partial charge in [0.15, 0.2) is 5.78 Å². The fourth-order valence-corrected chi connectivity index (χ4v) is 4.86. The summed E-state index contributed by atoms with van der Waals surface area (Å²) < 4.78 is 5.53. The molecule has 6 nitrogen and oxygen atoms in total. The van der Waals surface area contributed by atoms with Crippen LogP contribution in [-0.4, -0.2) is 59.4 Å². The third kappa shape index (κ3) is 5.13. The number of phenols is 1. The average molecular weight is 437 g/mol. The number of amides is 1. The highest BCUT2D eigenvalue weighted by Crippen LogP contribution is 2.33. The van der Waals surface area contributed by atoms with Crippen LogP contribution in [0.1, 0.15) is 54.6 Å². The van der Waals surface area contributed by atoms with Crippen molar-refractivity contribution >= 4 is 11.7 Å². The highest BCUT2D eigenvalue weighted by molar-refractivity contribution is 5.98. The van der Waals surface area contributed by atoms with Crippen molar-refractivity contribution in [3.63, 3.8) is 0 Å². The van der Waals surface area contributed by atoms with Crippen LogP contribution in [0.5, 0.6) is 11.5 Å². The van der Waals surface area contributed by atoms with E-state index in [-0.39, 0.29) is 29.4 Å². The fraction of sp³-hybridized carbons (Fsp3) is 0.462. The lowest BCUT2D eigenvalue weighted by atomic mass is 9.89. The van der Waals surface area contributed by atoms with Gasteiger partial charge in [-0.2, -0.15) is 0 Å². The van der Waals surface area contributed by atoms with E-state index in [1.807, 2.05) is 24.0 Å². The molecule has 2 aliphatic heterocycles. The predicted octanol–water partition coefficient (Wildman–Crippen LogP) is 4.05. The standard InChI is InChI=1S/C26H32N2O4/c1-2-32-23-11-7-19(8-12-23)24-4-3-15-28(24)25(30)18-27-16-13-21(14-17-27)26(31)20-5-9-22(29)10-6-20/h5-12,21,24,29H,2-4,13-18H2,1H3. The molecular formula is C26H32N2O4. The quantitative estimate of drug-likeness (QED) is 0.663. The monoisotopic (exact) mass is 436 g/mol. The Morgan fingerprint density at radius 2 is 1.66 bits per heavy atom. The van der Waals surface area contributed by atoms with Gasteiger partial charge in [-0.25, -0.2) is 0 Å². The molecule has 1 amide bonds. The number of rotatable bonds is 7. The maximum Gasteiger partial charge on any atom is 0.237 e. The van der Waals surface area contributed by atoms with Gasteiger partial charge in [-0.05, 0) is 87.7 Å². The topological polar surface area (TPSA) is 70.1 Å². The number of nitrogens with zero attached hydrogens (tertiary/aromatic N) is 2. The van der Waals surface area contributed by atoms with Crippen molar-refractivity contribution < 1.29 is 19.4 Å². The van der Waals surface area contributed by atoms with Gasteiger partial charge in [-0.3, -0.25) is 14.5 Å². The van der Waals surface area contributed by atoms with E-state index in [4.69, 9.17) is 4.74 Å². The van der Waals surface area contributed by atoms with E-state index in [1.165, 1.54) is 0 Å². The molecule has 2 saturated heterocycles. The molecule has 170 valence electrons. The van der Waals surface area contributed by atoms with Crippen LogP contribution in [0, 0.1) is 5.92 Å². The molecule has 2 aromatic rings. The van der Waals surface area contributed by atoms with E-state index in [1.54, 1.807) is 24.3 Å². The Labute approximate surface area is 189 Å². The van der Waals surface area contributed by atoms with Gasteiger partial charge in [0, 0.05) is 18.0 Å². The summed E-state index contributed by atoms with van der Waals surface area (Å²) in [5.74, 6) is 1.31. The first-order valence-corrected chi connectivity index (χ1v) is 11.6.